The highest BCUT2D eigenvalue weighted by Crippen LogP contribution is 2.12. The molecule has 0 saturated heterocycles. The van der Waals surface area contributed by atoms with Crippen LogP contribution in [0.25, 0.3) is 0 Å². The van der Waals surface area contributed by atoms with Gasteiger partial charge in [0.25, 0.3) is 0 Å². The minimum atomic E-state index is -1.08. The largest absolute Gasteiger partial charge is 0.490 e. The Labute approximate surface area is 88.1 Å². The van der Waals surface area contributed by atoms with Crippen LogP contribution in [0.1, 0.15) is 5.56 Å². The number of aldehydes is 1. The quantitative estimate of drug-likeness (QED) is 0.656. The third-order valence-corrected chi connectivity index (χ3v) is 1.90. The van der Waals surface area contributed by atoms with Gasteiger partial charge in [-0.2, -0.15) is 0 Å². The van der Waals surface area contributed by atoms with E-state index in [-0.39, 0.29) is 13.2 Å². The van der Waals surface area contributed by atoms with E-state index >= 15 is 0 Å². The number of carbonyl (C=O) groups excluding carboxylic acids is 1. The molecule has 0 bridgehead atoms. The third kappa shape index (κ3) is 4.10. The van der Waals surface area contributed by atoms with Crippen LogP contribution in [-0.2, 0) is 11.2 Å². The molecule has 1 rings (SSSR count). The van der Waals surface area contributed by atoms with Crippen LogP contribution in [0.3, 0.4) is 0 Å². The SMILES string of the molecule is O=CC(O)COc1ccc(CCO)cc1. The number of ether oxygens (including phenoxy) is 1. The Hall–Kier alpha value is -1.39. The van der Waals surface area contributed by atoms with E-state index in [0.29, 0.717) is 18.5 Å². The van der Waals surface area contributed by atoms with Crippen molar-refractivity contribution in [2.75, 3.05) is 13.2 Å². The number of aliphatic hydroxyl groups excluding tert-OH is 2. The summed E-state index contributed by atoms with van der Waals surface area (Å²) in [6.07, 6.45) is -0.0423. The number of benzene rings is 1. The van der Waals surface area contributed by atoms with Gasteiger partial charge in [0.1, 0.15) is 18.5 Å². The van der Waals surface area contributed by atoms with Crippen molar-refractivity contribution in [3.8, 4) is 5.75 Å². The second kappa shape index (κ2) is 6.16. The van der Waals surface area contributed by atoms with Gasteiger partial charge < -0.3 is 19.7 Å². The van der Waals surface area contributed by atoms with Crippen LogP contribution in [0.5, 0.6) is 5.75 Å². The summed E-state index contributed by atoms with van der Waals surface area (Å²) in [7, 11) is 0. The summed E-state index contributed by atoms with van der Waals surface area (Å²) >= 11 is 0. The molecule has 1 aromatic carbocycles. The minimum Gasteiger partial charge on any atom is -0.490 e. The van der Waals surface area contributed by atoms with E-state index in [1.54, 1.807) is 12.1 Å². The summed E-state index contributed by atoms with van der Waals surface area (Å²) < 4.78 is 5.15. The molecule has 0 aromatic heterocycles. The fraction of sp³-hybridized carbons (Fsp3) is 0.364. The summed E-state index contributed by atoms with van der Waals surface area (Å²) in [4.78, 5) is 10.1. The first-order valence-corrected chi connectivity index (χ1v) is 4.72. The van der Waals surface area contributed by atoms with Crippen molar-refractivity contribution in [1.82, 2.24) is 0 Å². The smallest absolute Gasteiger partial charge is 0.151 e. The number of carbonyl (C=O) groups is 1. The summed E-state index contributed by atoms with van der Waals surface area (Å²) in [5.41, 5.74) is 1.01. The fourth-order valence-electron chi connectivity index (χ4n) is 1.10. The molecule has 1 atom stereocenters. The summed E-state index contributed by atoms with van der Waals surface area (Å²) in [6.45, 7) is 0.0763. The Kier molecular flexibility index (Phi) is 4.80. The summed E-state index contributed by atoms with van der Waals surface area (Å²) in [5.74, 6) is 0.595. The molecule has 4 nitrogen and oxygen atoms in total. The van der Waals surface area contributed by atoms with Gasteiger partial charge in [-0.3, -0.25) is 0 Å². The Balaban J connectivity index is 2.45. The van der Waals surface area contributed by atoms with E-state index in [4.69, 9.17) is 14.9 Å². The Morgan fingerprint density at radius 3 is 2.53 bits per heavy atom. The number of hydrogen-bond acceptors (Lipinski definition) is 4. The van der Waals surface area contributed by atoms with Crippen LogP contribution in [0.4, 0.5) is 0 Å². The van der Waals surface area contributed by atoms with Gasteiger partial charge in [-0.25, -0.2) is 0 Å². The van der Waals surface area contributed by atoms with Crippen LogP contribution in [-0.4, -0.2) is 35.8 Å². The first-order chi connectivity index (χ1) is 7.26. The maximum atomic E-state index is 10.1. The van der Waals surface area contributed by atoms with Gasteiger partial charge in [0, 0.05) is 6.61 Å². The molecule has 0 amide bonds. The van der Waals surface area contributed by atoms with Crippen molar-refractivity contribution in [3.63, 3.8) is 0 Å². The predicted octanol–water partition coefficient (Wildman–Crippen LogP) is 0.160. The maximum absolute atomic E-state index is 10.1. The number of aliphatic hydroxyl groups is 2. The van der Waals surface area contributed by atoms with Crippen molar-refractivity contribution in [2.24, 2.45) is 0 Å². The van der Waals surface area contributed by atoms with Crippen molar-refractivity contribution >= 4 is 6.29 Å². The van der Waals surface area contributed by atoms with E-state index < -0.39 is 6.10 Å². The lowest BCUT2D eigenvalue weighted by Gasteiger charge is -2.07. The molecule has 0 fully saturated rings. The van der Waals surface area contributed by atoms with Gasteiger partial charge >= 0.3 is 0 Å². The summed E-state index contributed by atoms with van der Waals surface area (Å²) in [5, 5.41) is 17.6. The molecule has 0 radical (unpaired) electrons. The molecule has 0 aliphatic rings. The molecule has 0 aliphatic heterocycles. The zero-order valence-corrected chi connectivity index (χ0v) is 8.30. The van der Waals surface area contributed by atoms with Crippen LogP contribution >= 0.6 is 0 Å². The van der Waals surface area contributed by atoms with E-state index in [2.05, 4.69) is 0 Å². The Morgan fingerprint density at radius 1 is 1.33 bits per heavy atom. The molecule has 2 N–H and O–H groups in total. The van der Waals surface area contributed by atoms with E-state index in [1.165, 1.54) is 0 Å². The monoisotopic (exact) mass is 210 g/mol. The normalized spacial score (nSPS) is 12.1. The van der Waals surface area contributed by atoms with Crippen LogP contribution < -0.4 is 4.74 Å². The lowest BCUT2D eigenvalue weighted by molar-refractivity contribution is -0.116. The fourth-order valence-corrected chi connectivity index (χ4v) is 1.10. The van der Waals surface area contributed by atoms with Crippen molar-refractivity contribution in [3.05, 3.63) is 29.8 Å². The zero-order valence-electron chi connectivity index (χ0n) is 8.30. The van der Waals surface area contributed by atoms with E-state index in [0.717, 1.165) is 5.56 Å². The average molecular weight is 210 g/mol. The molecule has 15 heavy (non-hydrogen) atoms. The lowest BCUT2D eigenvalue weighted by Crippen LogP contribution is -2.18. The maximum Gasteiger partial charge on any atom is 0.151 e. The van der Waals surface area contributed by atoms with Gasteiger partial charge in [-0.05, 0) is 24.1 Å². The first-order valence-electron chi connectivity index (χ1n) is 4.72. The molecule has 0 heterocycles. The molecule has 82 valence electrons. The van der Waals surface area contributed by atoms with Crippen LogP contribution in [0.2, 0.25) is 0 Å². The minimum absolute atomic E-state index is 0.0388. The second-order valence-electron chi connectivity index (χ2n) is 3.13. The molecular formula is C11H14O4. The first kappa shape index (κ1) is 11.7. The Morgan fingerprint density at radius 2 is 2.00 bits per heavy atom. The molecular weight excluding hydrogens is 196 g/mol. The summed E-state index contributed by atoms with van der Waals surface area (Å²) in [6, 6.07) is 7.14. The van der Waals surface area contributed by atoms with E-state index in [9.17, 15) is 4.79 Å². The van der Waals surface area contributed by atoms with Gasteiger partial charge in [0.15, 0.2) is 6.29 Å². The Bertz CT molecular complexity index is 294. The highest BCUT2D eigenvalue weighted by atomic mass is 16.5. The standard InChI is InChI=1S/C11H14O4/c12-6-5-9-1-3-11(4-2-9)15-8-10(14)7-13/h1-4,7,10,12,14H,5-6,8H2. The molecule has 4 heteroatoms. The highest BCUT2D eigenvalue weighted by Gasteiger charge is 2.02. The highest BCUT2D eigenvalue weighted by molar-refractivity contribution is 5.55. The van der Waals surface area contributed by atoms with Gasteiger partial charge in [0.05, 0.1) is 0 Å². The molecule has 0 aliphatic carbocycles. The average Bonchev–Trinajstić information content (AvgIpc) is 2.28. The van der Waals surface area contributed by atoms with Crippen LogP contribution in [0, 0.1) is 0 Å². The lowest BCUT2D eigenvalue weighted by atomic mass is 10.1. The number of rotatable bonds is 6. The topological polar surface area (TPSA) is 66.8 Å². The second-order valence-corrected chi connectivity index (χ2v) is 3.13. The molecule has 0 spiro atoms. The zero-order chi connectivity index (χ0) is 11.1. The van der Waals surface area contributed by atoms with Crippen molar-refractivity contribution < 1.29 is 19.7 Å². The van der Waals surface area contributed by atoms with E-state index in [1.807, 2.05) is 12.1 Å². The number of hydrogen-bond donors (Lipinski definition) is 2. The van der Waals surface area contributed by atoms with Gasteiger partial charge in [-0.1, -0.05) is 12.1 Å². The molecule has 1 aromatic rings. The van der Waals surface area contributed by atoms with Crippen molar-refractivity contribution in [1.29, 1.82) is 0 Å². The van der Waals surface area contributed by atoms with Crippen molar-refractivity contribution in [2.45, 2.75) is 12.5 Å². The predicted molar refractivity (Wildman–Crippen MR) is 54.8 cm³/mol. The molecule has 1 unspecified atom stereocenters. The van der Waals surface area contributed by atoms with Gasteiger partial charge in [0.2, 0.25) is 0 Å². The molecule has 0 saturated carbocycles. The van der Waals surface area contributed by atoms with Crippen LogP contribution in [0.15, 0.2) is 24.3 Å². The van der Waals surface area contributed by atoms with Gasteiger partial charge in [-0.15, -0.1) is 0 Å². The third-order valence-electron chi connectivity index (χ3n) is 1.90.